The van der Waals surface area contributed by atoms with Crippen LogP contribution in [0.2, 0.25) is 0 Å². The number of amides is 2. The number of rotatable bonds is 8. The van der Waals surface area contributed by atoms with E-state index in [0.29, 0.717) is 5.92 Å². The van der Waals surface area contributed by atoms with Crippen molar-refractivity contribution in [2.24, 2.45) is 0 Å². The van der Waals surface area contributed by atoms with E-state index in [0.717, 1.165) is 64.2 Å². The average Bonchev–Trinajstić information content (AvgIpc) is 3.42. The molecule has 1 aromatic heterocycles. The van der Waals surface area contributed by atoms with Crippen molar-refractivity contribution < 1.29 is 9.59 Å². The molecular weight excluding hydrogens is 518 g/mol. The summed E-state index contributed by atoms with van der Waals surface area (Å²) in [5.41, 5.74) is 4.66. The molecule has 1 heterocycles. The summed E-state index contributed by atoms with van der Waals surface area (Å²) in [5, 5.41) is 6.41. The Morgan fingerprint density at radius 3 is 2.29 bits per heavy atom. The molecule has 5 nitrogen and oxygen atoms in total. The number of anilines is 1. The van der Waals surface area contributed by atoms with E-state index in [2.05, 4.69) is 54.5 Å². The zero-order valence-corrected chi connectivity index (χ0v) is 24.5. The van der Waals surface area contributed by atoms with Gasteiger partial charge in [0.1, 0.15) is 6.04 Å². The van der Waals surface area contributed by atoms with Crippen molar-refractivity contribution in [3.8, 4) is 0 Å². The smallest absolute Gasteiger partial charge is 0.248 e. The van der Waals surface area contributed by atoms with Gasteiger partial charge in [0.05, 0.1) is 6.42 Å². The van der Waals surface area contributed by atoms with Crippen LogP contribution in [0.4, 0.5) is 5.69 Å². The average molecular weight is 558 g/mol. The zero-order valence-electron chi connectivity index (χ0n) is 24.5. The molecule has 1 aliphatic carbocycles. The van der Waals surface area contributed by atoms with Crippen LogP contribution in [0.15, 0.2) is 97.2 Å². The van der Waals surface area contributed by atoms with Gasteiger partial charge in [-0.15, -0.1) is 0 Å². The summed E-state index contributed by atoms with van der Waals surface area (Å²) < 4.78 is 0. The molecule has 0 bridgehead atoms. The lowest BCUT2D eigenvalue weighted by molar-refractivity contribution is -0.127. The first-order chi connectivity index (χ1) is 20.5. The first kappa shape index (κ1) is 27.8. The standard InChI is InChI=1S/C37H39N3O2/c1-25(2)26-19-21-30(22-20-26)40(35(41)23-28-24-38-34-18-9-8-16-32(28)34)36(37(42)39-29-13-4-3-5-14-29)33-17-10-12-27-11-6-7-15-31(27)33/h6-12,15-22,24-25,29,36,38H,3-5,13-14,23H2,1-2H3,(H,39,42). The molecule has 4 aromatic carbocycles. The van der Waals surface area contributed by atoms with Crippen LogP contribution in [-0.2, 0) is 16.0 Å². The van der Waals surface area contributed by atoms with Gasteiger partial charge in [0.15, 0.2) is 0 Å². The van der Waals surface area contributed by atoms with E-state index in [1.807, 2.05) is 66.9 Å². The van der Waals surface area contributed by atoms with Crippen LogP contribution >= 0.6 is 0 Å². The van der Waals surface area contributed by atoms with Crippen molar-refractivity contribution in [1.82, 2.24) is 10.3 Å². The molecule has 2 amide bonds. The second-order valence-corrected chi connectivity index (χ2v) is 11.9. The number of fused-ring (bicyclic) bond motifs is 2. The number of nitrogens with zero attached hydrogens (tertiary/aromatic N) is 1. The molecule has 0 saturated heterocycles. The number of H-pyrrole nitrogens is 1. The first-order valence-corrected chi connectivity index (χ1v) is 15.2. The molecule has 6 rings (SSSR count). The largest absolute Gasteiger partial charge is 0.361 e. The summed E-state index contributed by atoms with van der Waals surface area (Å²) in [6.45, 7) is 4.32. The minimum atomic E-state index is -0.819. The fraction of sp³-hybridized carbons (Fsp3) is 0.297. The van der Waals surface area contributed by atoms with E-state index in [9.17, 15) is 9.59 Å². The Hall–Kier alpha value is -4.38. The van der Waals surface area contributed by atoms with E-state index in [1.54, 1.807) is 4.90 Å². The summed E-state index contributed by atoms with van der Waals surface area (Å²) in [7, 11) is 0. The molecule has 0 spiro atoms. The van der Waals surface area contributed by atoms with Gasteiger partial charge in [0, 0.05) is 28.8 Å². The fourth-order valence-corrected chi connectivity index (χ4v) is 6.40. The molecule has 2 N–H and O–H groups in total. The summed E-state index contributed by atoms with van der Waals surface area (Å²) in [4.78, 5) is 34.1. The van der Waals surface area contributed by atoms with Gasteiger partial charge in [-0.3, -0.25) is 14.5 Å². The van der Waals surface area contributed by atoms with Gasteiger partial charge in [0.25, 0.3) is 0 Å². The van der Waals surface area contributed by atoms with Crippen LogP contribution in [0.5, 0.6) is 0 Å². The monoisotopic (exact) mass is 557 g/mol. The Labute approximate surface area is 247 Å². The van der Waals surface area contributed by atoms with Gasteiger partial charge in [-0.1, -0.05) is 106 Å². The highest BCUT2D eigenvalue weighted by Crippen LogP contribution is 2.35. The van der Waals surface area contributed by atoms with Crippen LogP contribution in [0.1, 0.15) is 74.6 Å². The number of aromatic nitrogens is 1. The Morgan fingerprint density at radius 1 is 0.833 bits per heavy atom. The number of hydrogen-bond acceptors (Lipinski definition) is 2. The summed E-state index contributed by atoms with van der Waals surface area (Å²) in [6, 6.07) is 29.6. The Bertz CT molecular complexity index is 1690. The molecule has 1 fully saturated rings. The summed E-state index contributed by atoms with van der Waals surface area (Å²) in [5.74, 6) is 0.116. The third kappa shape index (κ3) is 5.69. The number of benzene rings is 4. The van der Waals surface area contributed by atoms with Gasteiger partial charge >= 0.3 is 0 Å². The molecule has 0 aliphatic heterocycles. The number of aromatic amines is 1. The van der Waals surface area contributed by atoms with E-state index >= 15 is 0 Å². The highest BCUT2D eigenvalue weighted by atomic mass is 16.2. The zero-order chi connectivity index (χ0) is 29.1. The SMILES string of the molecule is CC(C)c1ccc(N(C(=O)Cc2c[nH]c3ccccc23)C(C(=O)NC2CCCCC2)c2cccc3ccccc23)cc1. The predicted octanol–water partition coefficient (Wildman–Crippen LogP) is 8.21. The Kier molecular flexibility index (Phi) is 8.09. The molecule has 214 valence electrons. The molecule has 1 saturated carbocycles. The van der Waals surface area contributed by atoms with Crippen molar-refractivity contribution in [3.63, 3.8) is 0 Å². The quantitative estimate of drug-likeness (QED) is 0.202. The maximum Gasteiger partial charge on any atom is 0.248 e. The Morgan fingerprint density at radius 2 is 1.52 bits per heavy atom. The lowest BCUT2D eigenvalue weighted by atomic mass is 9.93. The van der Waals surface area contributed by atoms with Crippen molar-refractivity contribution >= 4 is 39.2 Å². The summed E-state index contributed by atoms with van der Waals surface area (Å²) in [6.07, 6.45) is 7.47. The predicted molar refractivity (Wildman–Crippen MR) is 172 cm³/mol. The highest BCUT2D eigenvalue weighted by molar-refractivity contribution is 6.05. The topological polar surface area (TPSA) is 65.2 Å². The first-order valence-electron chi connectivity index (χ1n) is 15.2. The third-order valence-corrected chi connectivity index (χ3v) is 8.70. The number of carbonyl (C=O) groups excluding carboxylic acids is 2. The number of para-hydroxylation sites is 1. The van der Waals surface area contributed by atoms with Gasteiger partial charge in [-0.2, -0.15) is 0 Å². The Balaban J connectivity index is 1.48. The van der Waals surface area contributed by atoms with Crippen LogP contribution in [-0.4, -0.2) is 22.8 Å². The van der Waals surface area contributed by atoms with Gasteiger partial charge in [0.2, 0.25) is 11.8 Å². The van der Waals surface area contributed by atoms with Crippen LogP contribution in [0, 0.1) is 0 Å². The second-order valence-electron chi connectivity index (χ2n) is 11.9. The second kappa shape index (κ2) is 12.2. The number of carbonyl (C=O) groups is 2. The van der Waals surface area contributed by atoms with Crippen LogP contribution in [0.3, 0.4) is 0 Å². The molecule has 42 heavy (non-hydrogen) atoms. The van der Waals surface area contributed by atoms with Gasteiger partial charge in [-0.05, 0) is 64.4 Å². The van der Waals surface area contributed by atoms with Crippen molar-refractivity contribution in [3.05, 3.63) is 114 Å². The number of nitrogens with one attached hydrogen (secondary N) is 2. The van der Waals surface area contributed by atoms with Crippen molar-refractivity contribution in [2.75, 3.05) is 4.90 Å². The molecule has 1 unspecified atom stereocenters. The normalized spacial score (nSPS) is 14.7. The molecule has 5 aromatic rings. The minimum absolute atomic E-state index is 0.117. The van der Waals surface area contributed by atoms with E-state index in [1.165, 1.54) is 12.0 Å². The molecule has 5 heteroatoms. The van der Waals surface area contributed by atoms with E-state index < -0.39 is 6.04 Å². The molecular formula is C37H39N3O2. The van der Waals surface area contributed by atoms with Crippen LogP contribution in [0.25, 0.3) is 21.7 Å². The maximum absolute atomic E-state index is 14.6. The van der Waals surface area contributed by atoms with Crippen molar-refractivity contribution in [1.29, 1.82) is 0 Å². The lowest BCUT2D eigenvalue weighted by Gasteiger charge is -2.34. The number of hydrogen-bond donors (Lipinski definition) is 2. The van der Waals surface area contributed by atoms with Crippen LogP contribution < -0.4 is 10.2 Å². The van der Waals surface area contributed by atoms with Gasteiger partial charge in [-0.25, -0.2) is 0 Å². The maximum atomic E-state index is 14.6. The van der Waals surface area contributed by atoms with Gasteiger partial charge < -0.3 is 10.3 Å². The lowest BCUT2D eigenvalue weighted by Crippen LogP contribution is -2.47. The fourth-order valence-electron chi connectivity index (χ4n) is 6.40. The third-order valence-electron chi connectivity index (χ3n) is 8.70. The summed E-state index contributed by atoms with van der Waals surface area (Å²) >= 11 is 0. The molecule has 1 aliphatic rings. The van der Waals surface area contributed by atoms with E-state index in [4.69, 9.17) is 0 Å². The van der Waals surface area contributed by atoms with Crippen molar-refractivity contribution in [2.45, 2.75) is 70.4 Å². The minimum Gasteiger partial charge on any atom is -0.361 e. The highest BCUT2D eigenvalue weighted by Gasteiger charge is 2.35. The van der Waals surface area contributed by atoms with E-state index in [-0.39, 0.29) is 24.3 Å². The molecule has 1 atom stereocenters. The molecule has 0 radical (unpaired) electrons.